The normalized spacial score (nSPS) is 11.7. The second kappa shape index (κ2) is 9.39. The van der Waals surface area contributed by atoms with Crippen molar-refractivity contribution in [2.24, 2.45) is 5.92 Å². The average molecular weight is 403 g/mol. The number of methoxy groups -OCH3 is 1. The maximum absolute atomic E-state index is 12.7. The Hall–Kier alpha value is -1.11. The monoisotopic (exact) mass is 402 g/mol. The van der Waals surface area contributed by atoms with E-state index in [1.54, 1.807) is 0 Å². The van der Waals surface area contributed by atoms with Crippen LogP contribution in [0, 0.1) is 5.92 Å². The average Bonchev–Trinajstić information content (AvgIpc) is 2.44. The van der Waals surface area contributed by atoms with Crippen molar-refractivity contribution in [3.8, 4) is 5.75 Å². The number of esters is 1. The minimum absolute atomic E-state index is 0.0324. The lowest BCUT2D eigenvalue weighted by Crippen LogP contribution is -2.25. The van der Waals surface area contributed by atoms with Crippen molar-refractivity contribution in [1.29, 1.82) is 0 Å². The molecule has 0 amide bonds. The van der Waals surface area contributed by atoms with E-state index in [2.05, 4.69) is 29.8 Å². The molecule has 0 fully saturated rings. The van der Waals surface area contributed by atoms with Gasteiger partial charge in [-0.3, -0.25) is 0 Å². The zero-order valence-corrected chi connectivity index (χ0v) is 16.9. The summed E-state index contributed by atoms with van der Waals surface area (Å²) < 4.78 is 22.4. The highest BCUT2D eigenvalue weighted by Gasteiger charge is 2.26. The highest BCUT2D eigenvalue weighted by molar-refractivity contribution is 9.10. The van der Waals surface area contributed by atoms with Crippen molar-refractivity contribution in [1.82, 2.24) is 0 Å². The van der Waals surface area contributed by atoms with Crippen molar-refractivity contribution in [3.63, 3.8) is 0 Å². The molecular formula is C18H27BrO5. The second-order valence-corrected chi connectivity index (χ2v) is 7.73. The van der Waals surface area contributed by atoms with Gasteiger partial charge in [0.1, 0.15) is 11.2 Å². The van der Waals surface area contributed by atoms with Gasteiger partial charge < -0.3 is 18.9 Å². The minimum Gasteiger partial charge on any atom is -0.465 e. The Balaban J connectivity index is 3.18. The summed E-state index contributed by atoms with van der Waals surface area (Å²) in [6, 6.07) is 3.66. The van der Waals surface area contributed by atoms with Crippen LogP contribution >= 0.6 is 15.9 Å². The van der Waals surface area contributed by atoms with Crippen molar-refractivity contribution in [2.45, 2.75) is 46.8 Å². The number of rotatable bonds is 8. The molecule has 0 unspecified atom stereocenters. The molecule has 0 heterocycles. The lowest BCUT2D eigenvalue weighted by molar-refractivity contribution is 0.00486. The van der Waals surface area contributed by atoms with Crippen LogP contribution in [-0.4, -0.2) is 32.1 Å². The lowest BCUT2D eigenvalue weighted by Gasteiger charge is -2.22. The Kier molecular flexibility index (Phi) is 8.19. The molecule has 0 radical (unpaired) electrons. The highest BCUT2D eigenvalue weighted by Crippen LogP contribution is 2.34. The smallest absolute Gasteiger partial charge is 0.342 e. The standard InChI is InChI=1S/C18H27BrO5/c1-12(2)9-22-10-13-7-8-14(19)16(23-11-21-6)15(13)17(20)24-18(3,4)5/h7-8,12H,9-11H2,1-6H3. The fraction of sp³-hybridized carbons (Fsp3) is 0.611. The summed E-state index contributed by atoms with van der Waals surface area (Å²) in [5.41, 5.74) is 0.480. The molecule has 1 aromatic rings. The maximum atomic E-state index is 12.7. The molecule has 0 atom stereocenters. The molecule has 0 saturated carbocycles. The molecule has 0 aromatic heterocycles. The Morgan fingerprint density at radius 1 is 1.25 bits per heavy atom. The Morgan fingerprint density at radius 3 is 2.46 bits per heavy atom. The minimum atomic E-state index is -0.603. The third-order valence-electron chi connectivity index (χ3n) is 2.83. The van der Waals surface area contributed by atoms with E-state index in [0.717, 1.165) is 5.56 Å². The molecule has 0 aliphatic rings. The molecule has 0 aliphatic carbocycles. The van der Waals surface area contributed by atoms with E-state index < -0.39 is 11.6 Å². The molecule has 0 N–H and O–H groups in total. The summed E-state index contributed by atoms with van der Waals surface area (Å²) in [6.07, 6.45) is 0. The van der Waals surface area contributed by atoms with Crippen LogP contribution in [0.15, 0.2) is 16.6 Å². The first kappa shape index (κ1) is 20.9. The zero-order valence-electron chi connectivity index (χ0n) is 15.3. The van der Waals surface area contributed by atoms with Crippen LogP contribution in [0.3, 0.4) is 0 Å². The molecule has 5 nitrogen and oxygen atoms in total. The Morgan fingerprint density at radius 2 is 1.92 bits per heavy atom. The molecule has 0 saturated heterocycles. The van der Waals surface area contributed by atoms with Gasteiger partial charge in [-0.25, -0.2) is 4.79 Å². The van der Waals surface area contributed by atoms with Crippen molar-refractivity contribution < 1.29 is 23.7 Å². The van der Waals surface area contributed by atoms with Crippen molar-refractivity contribution >= 4 is 21.9 Å². The third kappa shape index (κ3) is 6.79. The Bertz CT molecular complexity index is 549. The number of halogens is 1. The Labute approximate surface area is 152 Å². The largest absolute Gasteiger partial charge is 0.465 e. The van der Waals surface area contributed by atoms with Gasteiger partial charge in [-0.2, -0.15) is 0 Å². The molecule has 136 valence electrons. The van der Waals surface area contributed by atoms with Gasteiger partial charge in [-0.1, -0.05) is 19.9 Å². The molecule has 0 aliphatic heterocycles. The number of ether oxygens (including phenoxy) is 4. The predicted molar refractivity (Wildman–Crippen MR) is 96.3 cm³/mol. The molecule has 0 spiro atoms. The number of carbonyl (C=O) groups excluding carboxylic acids is 1. The summed E-state index contributed by atoms with van der Waals surface area (Å²) in [5.74, 6) is 0.365. The van der Waals surface area contributed by atoms with Crippen LogP contribution in [-0.2, 0) is 20.8 Å². The van der Waals surface area contributed by atoms with E-state index in [9.17, 15) is 4.79 Å². The summed E-state index contributed by atoms with van der Waals surface area (Å²) >= 11 is 3.42. The number of carbonyl (C=O) groups is 1. The van der Waals surface area contributed by atoms with Crippen LogP contribution in [0.2, 0.25) is 0 Å². The SMILES string of the molecule is COCOc1c(Br)ccc(COCC(C)C)c1C(=O)OC(C)(C)C. The van der Waals surface area contributed by atoms with E-state index in [1.807, 2.05) is 32.9 Å². The topological polar surface area (TPSA) is 54.0 Å². The van der Waals surface area contributed by atoms with Crippen molar-refractivity contribution in [3.05, 3.63) is 27.7 Å². The summed E-state index contributed by atoms with van der Waals surface area (Å²) in [6.45, 7) is 10.6. The van der Waals surface area contributed by atoms with E-state index in [0.29, 0.717) is 34.9 Å². The molecule has 6 heteroatoms. The van der Waals surface area contributed by atoms with Crippen LogP contribution < -0.4 is 4.74 Å². The number of hydrogen-bond acceptors (Lipinski definition) is 5. The van der Waals surface area contributed by atoms with Gasteiger partial charge in [0.25, 0.3) is 0 Å². The highest BCUT2D eigenvalue weighted by atomic mass is 79.9. The fourth-order valence-corrected chi connectivity index (χ4v) is 2.38. The first-order chi connectivity index (χ1) is 11.2. The van der Waals surface area contributed by atoms with Crippen LogP contribution in [0.1, 0.15) is 50.5 Å². The molecular weight excluding hydrogens is 376 g/mol. The maximum Gasteiger partial charge on any atom is 0.342 e. The van der Waals surface area contributed by atoms with Gasteiger partial charge >= 0.3 is 5.97 Å². The van der Waals surface area contributed by atoms with Crippen LogP contribution in [0.5, 0.6) is 5.75 Å². The van der Waals surface area contributed by atoms with Gasteiger partial charge in [-0.05, 0) is 54.2 Å². The molecule has 24 heavy (non-hydrogen) atoms. The summed E-state index contributed by atoms with van der Waals surface area (Å²) in [5, 5.41) is 0. The zero-order chi connectivity index (χ0) is 18.3. The van der Waals surface area contributed by atoms with E-state index >= 15 is 0 Å². The van der Waals surface area contributed by atoms with Crippen LogP contribution in [0.25, 0.3) is 0 Å². The van der Waals surface area contributed by atoms with Gasteiger partial charge in [-0.15, -0.1) is 0 Å². The first-order valence-electron chi connectivity index (χ1n) is 7.90. The number of benzene rings is 1. The quantitative estimate of drug-likeness (QED) is 0.471. The van der Waals surface area contributed by atoms with Gasteiger partial charge in [0, 0.05) is 13.7 Å². The predicted octanol–water partition coefficient (Wildman–Crippen LogP) is 4.56. The lowest BCUT2D eigenvalue weighted by atomic mass is 10.1. The molecule has 1 rings (SSSR count). The van der Waals surface area contributed by atoms with E-state index in [-0.39, 0.29) is 6.79 Å². The first-order valence-corrected chi connectivity index (χ1v) is 8.69. The molecule has 1 aromatic carbocycles. The second-order valence-electron chi connectivity index (χ2n) is 6.87. The third-order valence-corrected chi connectivity index (χ3v) is 3.45. The van der Waals surface area contributed by atoms with E-state index in [1.165, 1.54) is 7.11 Å². The van der Waals surface area contributed by atoms with Gasteiger partial charge in [0.2, 0.25) is 0 Å². The number of hydrogen-bond donors (Lipinski definition) is 0. The fourth-order valence-electron chi connectivity index (χ4n) is 1.93. The summed E-state index contributed by atoms with van der Waals surface area (Å²) in [4.78, 5) is 12.7. The summed E-state index contributed by atoms with van der Waals surface area (Å²) in [7, 11) is 1.52. The van der Waals surface area contributed by atoms with Crippen molar-refractivity contribution in [2.75, 3.05) is 20.5 Å². The van der Waals surface area contributed by atoms with E-state index in [4.69, 9.17) is 18.9 Å². The van der Waals surface area contributed by atoms with Gasteiger partial charge in [0.05, 0.1) is 11.1 Å². The molecule has 0 bridgehead atoms. The van der Waals surface area contributed by atoms with Crippen LogP contribution in [0.4, 0.5) is 0 Å². The van der Waals surface area contributed by atoms with Gasteiger partial charge in [0.15, 0.2) is 12.5 Å².